The number of rotatable bonds is 4. The van der Waals surface area contributed by atoms with E-state index in [0.29, 0.717) is 24.5 Å². The van der Waals surface area contributed by atoms with E-state index in [0.717, 1.165) is 49.7 Å². The summed E-state index contributed by atoms with van der Waals surface area (Å²) in [6, 6.07) is 10.3. The first-order valence-corrected chi connectivity index (χ1v) is 13.8. The van der Waals surface area contributed by atoms with Gasteiger partial charge in [-0.2, -0.15) is 0 Å². The van der Waals surface area contributed by atoms with Gasteiger partial charge in [-0.05, 0) is 60.8 Å². The topological polar surface area (TPSA) is 49.9 Å². The van der Waals surface area contributed by atoms with E-state index in [1.165, 1.54) is 43.4 Å². The van der Waals surface area contributed by atoms with Gasteiger partial charge in [-0.1, -0.05) is 49.2 Å². The number of likely N-dealkylation sites (tertiary alicyclic amines) is 2. The van der Waals surface area contributed by atoms with E-state index in [1.807, 2.05) is 47.0 Å². The van der Waals surface area contributed by atoms with Crippen LogP contribution >= 0.6 is 11.8 Å². The molecule has 3 atom stereocenters. The summed E-state index contributed by atoms with van der Waals surface area (Å²) in [5.74, 6) is 2.51. The Bertz CT molecular complexity index is 863. The Kier molecular flexibility index (Phi) is 7.29. The maximum absolute atomic E-state index is 13.4. The lowest BCUT2D eigenvalue weighted by Gasteiger charge is -2.44. The lowest BCUT2D eigenvalue weighted by Crippen LogP contribution is -2.51. The first-order valence-electron chi connectivity index (χ1n) is 12.8. The van der Waals surface area contributed by atoms with E-state index in [1.54, 1.807) is 0 Å². The summed E-state index contributed by atoms with van der Waals surface area (Å²) in [6.45, 7) is 2.73. The number of hydrogen-bond acceptors (Lipinski definition) is 4. The highest BCUT2D eigenvalue weighted by Gasteiger charge is 2.39. The molecule has 3 fully saturated rings. The average Bonchev–Trinajstić information content (AvgIpc) is 3.38. The van der Waals surface area contributed by atoms with Crippen molar-refractivity contribution < 1.29 is 14.3 Å². The molecule has 5 rings (SSSR count). The first-order chi connectivity index (χ1) is 16.2. The third kappa shape index (κ3) is 5.26. The molecule has 1 aromatic carbocycles. The predicted molar refractivity (Wildman–Crippen MR) is 132 cm³/mol. The highest BCUT2D eigenvalue weighted by molar-refractivity contribution is 8.03. The van der Waals surface area contributed by atoms with E-state index >= 15 is 0 Å². The fourth-order valence-corrected chi connectivity index (χ4v) is 7.49. The summed E-state index contributed by atoms with van der Waals surface area (Å²) in [5.41, 5.74) is 1.01. The number of thioether (sulfide) groups is 1. The summed E-state index contributed by atoms with van der Waals surface area (Å²) >= 11 is 1.87. The molecule has 0 spiro atoms. The van der Waals surface area contributed by atoms with Gasteiger partial charge < -0.3 is 14.5 Å². The predicted octanol–water partition coefficient (Wildman–Crippen LogP) is 5.46. The minimum absolute atomic E-state index is 0.0412. The van der Waals surface area contributed by atoms with E-state index < -0.39 is 0 Å². The maximum Gasteiger partial charge on any atom is 0.410 e. The molecular formula is C27H36N2O3S. The van der Waals surface area contributed by atoms with E-state index in [4.69, 9.17) is 4.74 Å². The molecule has 178 valence electrons. The number of nitrogens with zero attached hydrogens (tertiary/aromatic N) is 2. The van der Waals surface area contributed by atoms with Crippen molar-refractivity contribution in [3.8, 4) is 0 Å². The highest BCUT2D eigenvalue weighted by atomic mass is 32.2. The number of fused-ring (bicyclic) bond motifs is 1. The van der Waals surface area contributed by atoms with Crippen molar-refractivity contribution in [1.82, 2.24) is 9.80 Å². The molecule has 33 heavy (non-hydrogen) atoms. The van der Waals surface area contributed by atoms with Crippen LogP contribution in [0.5, 0.6) is 0 Å². The van der Waals surface area contributed by atoms with Crippen LogP contribution in [-0.2, 0) is 16.1 Å². The largest absolute Gasteiger partial charge is 0.445 e. The SMILES string of the molecule is O=C(OCc1ccccc1)N1CCC(C2=CC(C(=O)N3CCCC4CCCCC43)CS2)CC1. The summed E-state index contributed by atoms with van der Waals surface area (Å²) in [7, 11) is 0. The average molecular weight is 469 g/mol. The van der Waals surface area contributed by atoms with Crippen molar-refractivity contribution >= 4 is 23.8 Å². The molecule has 0 radical (unpaired) electrons. The number of allylic oxidation sites excluding steroid dienone is 1. The second kappa shape index (κ2) is 10.5. The van der Waals surface area contributed by atoms with Crippen molar-refractivity contribution in [2.45, 2.75) is 64.0 Å². The molecule has 1 saturated carbocycles. The van der Waals surface area contributed by atoms with Gasteiger partial charge in [-0.3, -0.25) is 4.79 Å². The summed E-state index contributed by atoms with van der Waals surface area (Å²) < 4.78 is 5.50. The molecule has 4 aliphatic rings. The zero-order valence-electron chi connectivity index (χ0n) is 19.5. The van der Waals surface area contributed by atoms with Crippen LogP contribution < -0.4 is 0 Å². The number of carbonyl (C=O) groups is 2. The van der Waals surface area contributed by atoms with Gasteiger partial charge in [0.2, 0.25) is 5.91 Å². The molecule has 1 aromatic rings. The lowest BCUT2D eigenvalue weighted by atomic mass is 9.78. The van der Waals surface area contributed by atoms with Gasteiger partial charge in [0, 0.05) is 31.4 Å². The monoisotopic (exact) mass is 468 g/mol. The number of amides is 2. The second-order valence-corrected chi connectivity index (χ2v) is 11.2. The number of piperidine rings is 2. The van der Waals surface area contributed by atoms with Crippen molar-refractivity contribution in [3.05, 3.63) is 46.9 Å². The van der Waals surface area contributed by atoms with Gasteiger partial charge in [-0.15, -0.1) is 11.8 Å². The van der Waals surface area contributed by atoms with E-state index in [-0.39, 0.29) is 12.0 Å². The summed E-state index contributed by atoms with van der Waals surface area (Å²) in [6.07, 6.45) is 11.6. The molecule has 0 aromatic heterocycles. The van der Waals surface area contributed by atoms with Gasteiger partial charge in [0.1, 0.15) is 6.61 Å². The van der Waals surface area contributed by atoms with Crippen LogP contribution in [0, 0.1) is 17.8 Å². The van der Waals surface area contributed by atoms with Crippen molar-refractivity contribution in [3.63, 3.8) is 0 Å². The molecule has 0 N–H and O–H groups in total. The van der Waals surface area contributed by atoms with Crippen LogP contribution in [0.2, 0.25) is 0 Å². The molecule has 0 bridgehead atoms. The van der Waals surface area contributed by atoms with Crippen molar-refractivity contribution in [2.24, 2.45) is 17.8 Å². The van der Waals surface area contributed by atoms with E-state index in [2.05, 4.69) is 11.0 Å². The van der Waals surface area contributed by atoms with Crippen LogP contribution in [0.3, 0.4) is 0 Å². The fraction of sp³-hybridized carbons (Fsp3) is 0.630. The second-order valence-electron chi connectivity index (χ2n) is 10.1. The maximum atomic E-state index is 13.4. The Morgan fingerprint density at radius 2 is 1.70 bits per heavy atom. The van der Waals surface area contributed by atoms with Gasteiger partial charge in [-0.25, -0.2) is 4.79 Å². The fourth-order valence-electron chi connectivity index (χ4n) is 6.15. The third-order valence-corrected chi connectivity index (χ3v) is 9.33. The molecule has 1 aliphatic carbocycles. The van der Waals surface area contributed by atoms with E-state index in [9.17, 15) is 9.59 Å². The Labute approximate surface area is 201 Å². The normalized spacial score (nSPS) is 28.2. The van der Waals surface area contributed by atoms with Crippen molar-refractivity contribution in [1.29, 1.82) is 0 Å². The molecule has 6 heteroatoms. The van der Waals surface area contributed by atoms with Gasteiger partial charge in [0.05, 0.1) is 5.92 Å². The molecule has 3 aliphatic heterocycles. The number of hydrogen-bond donors (Lipinski definition) is 0. The lowest BCUT2D eigenvalue weighted by molar-refractivity contribution is -0.139. The number of carbonyl (C=O) groups excluding carboxylic acids is 2. The minimum Gasteiger partial charge on any atom is -0.445 e. The Morgan fingerprint density at radius 3 is 2.52 bits per heavy atom. The molecule has 3 unspecified atom stereocenters. The highest BCUT2D eigenvalue weighted by Crippen LogP contribution is 2.41. The zero-order valence-corrected chi connectivity index (χ0v) is 20.3. The summed E-state index contributed by atoms with van der Waals surface area (Å²) in [5, 5.41) is 0. The van der Waals surface area contributed by atoms with Crippen LogP contribution in [0.25, 0.3) is 0 Å². The Hall–Kier alpha value is -1.95. The number of ether oxygens (including phenoxy) is 1. The molecule has 5 nitrogen and oxygen atoms in total. The molecule has 2 saturated heterocycles. The molecule has 2 amide bonds. The Balaban J connectivity index is 1.11. The molecule has 3 heterocycles. The zero-order chi connectivity index (χ0) is 22.6. The standard InChI is InChI=1S/C27H36N2O3S/c30-26(29-14-6-10-21-9-4-5-11-24(21)29)23-17-25(33-19-23)22-12-15-28(16-13-22)27(31)32-18-20-7-2-1-3-8-20/h1-3,7-8,17,21-24H,4-6,9-16,18-19H2. The minimum atomic E-state index is -0.217. The van der Waals surface area contributed by atoms with Crippen LogP contribution in [0.15, 0.2) is 41.3 Å². The van der Waals surface area contributed by atoms with Crippen molar-refractivity contribution in [2.75, 3.05) is 25.4 Å². The van der Waals surface area contributed by atoms with Gasteiger partial charge >= 0.3 is 6.09 Å². The third-order valence-electron chi connectivity index (χ3n) is 8.00. The summed E-state index contributed by atoms with van der Waals surface area (Å²) in [4.78, 5) is 31.3. The Morgan fingerprint density at radius 1 is 0.939 bits per heavy atom. The number of benzene rings is 1. The van der Waals surface area contributed by atoms with Crippen LogP contribution in [-0.4, -0.2) is 53.2 Å². The van der Waals surface area contributed by atoms with Crippen LogP contribution in [0.4, 0.5) is 4.79 Å². The van der Waals surface area contributed by atoms with Crippen LogP contribution in [0.1, 0.15) is 56.9 Å². The molecular weight excluding hydrogens is 432 g/mol. The smallest absolute Gasteiger partial charge is 0.410 e. The van der Waals surface area contributed by atoms with Gasteiger partial charge in [0.25, 0.3) is 0 Å². The van der Waals surface area contributed by atoms with Gasteiger partial charge in [0.15, 0.2) is 0 Å². The quantitative estimate of drug-likeness (QED) is 0.588. The first kappa shape index (κ1) is 22.8.